The first kappa shape index (κ1) is 16.2. The lowest BCUT2D eigenvalue weighted by atomic mass is 10.1. The van der Waals surface area contributed by atoms with E-state index in [0.29, 0.717) is 5.56 Å². The van der Waals surface area contributed by atoms with Gasteiger partial charge in [0.2, 0.25) is 5.91 Å². The number of sulfone groups is 1. The topological polar surface area (TPSA) is 89.5 Å². The molecule has 1 rings (SSSR count). The average Bonchev–Trinajstić information content (AvgIpc) is 2.42. The molecule has 0 heterocycles. The molecule has 0 fully saturated rings. The van der Waals surface area contributed by atoms with Crippen molar-refractivity contribution in [2.24, 2.45) is 0 Å². The molecular formula is C13H17NO5S. The van der Waals surface area contributed by atoms with Crippen LogP contribution in [0.3, 0.4) is 0 Å². The zero-order valence-corrected chi connectivity index (χ0v) is 12.3. The fourth-order valence-corrected chi connectivity index (χ4v) is 1.95. The lowest BCUT2D eigenvalue weighted by Gasteiger charge is -2.18. The van der Waals surface area contributed by atoms with Crippen molar-refractivity contribution >= 4 is 21.7 Å². The van der Waals surface area contributed by atoms with E-state index in [1.54, 1.807) is 30.3 Å². The Kier molecular flexibility index (Phi) is 5.26. The van der Waals surface area contributed by atoms with Gasteiger partial charge in [0.05, 0.1) is 7.11 Å². The molecule has 1 aromatic carbocycles. The predicted molar refractivity (Wildman–Crippen MR) is 73.6 cm³/mol. The van der Waals surface area contributed by atoms with Gasteiger partial charge in [-0.15, -0.1) is 0 Å². The highest BCUT2D eigenvalue weighted by molar-refractivity contribution is 7.92. The highest BCUT2D eigenvalue weighted by Gasteiger charge is 2.29. The molecule has 0 bridgehead atoms. The zero-order chi connectivity index (χ0) is 15.3. The Labute approximate surface area is 118 Å². The van der Waals surface area contributed by atoms with Crippen LogP contribution in [0.2, 0.25) is 0 Å². The normalized spacial score (nSPS) is 14.2. The highest BCUT2D eigenvalue weighted by atomic mass is 32.2. The first-order valence-electron chi connectivity index (χ1n) is 5.89. The Balaban J connectivity index is 2.98. The van der Waals surface area contributed by atoms with E-state index < -0.39 is 33.0 Å². The summed E-state index contributed by atoms with van der Waals surface area (Å²) < 4.78 is 27.3. The molecule has 1 N–H and O–H groups in total. The van der Waals surface area contributed by atoms with Gasteiger partial charge in [0.15, 0.2) is 15.9 Å². The molecule has 0 aromatic heterocycles. The molecule has 2 atom stereocenters. The zero-order valence-electron chi connectivity index (χ0n) is 11.5. The second-order valence-corrected chi connectivity index (χ2v) is 6.71. The van der Waals surface area contributed by atoms with Gasteiger partial charge in [0.1, 0.15) is 5.25 Å². The molecule has 7 heteroatoms. The smallest absolute Gasteiger partial charge is 0.333 e. The SMILES string of the molecule is COC(=O)C(NC(=O)C(C)S(C)(=O)=O)c1ccccc1. The molecule has 0 radical (unpaired) electrons. The Morgan fingerprint density at radius 3 is 2.20 bits per heavy atom. The number of ether oxygens (including phenoxy) is 1. The highest BCUT2D eigenvalue weighted by Crippen LogP contribution is 2.15. The molecule has 0 aliphatic carbocycles. The number of amides is 1. The summed E-state index contributed by atoms with van der Waals surface area (Å²) in [4.78, 5) is 23.6. The van der Waals surface area contributed by atoms with Crippen LogP contribution in [0.1, 0.15) is 18.5 Å². The summed E-state index contributed by atoms with van der Waals surface area (Å²) in [6.45, 7) is 1.27. The van der Waals surface area contributed by atoms with E-state index in [9.17, 15) is 18.0 Å². The summed E-state index contributed by atoms with van der Waals surface area (Å²) >= 11 is 0. The van der Waals surface area contributed by atoms with E-state index in [4.69, 9.17) is 0 Å². The number of benzene rings is 1. The number of hydrogen-bond donors (Lipinski definition) is 1. The number of nitrogens with one attached hydrogen (secondary N) is 1. The minimum atomic E-state index is -3.53. The van der Waals surface area contributed by atoms with E-state index in [1.807, 2.05) is 0 Å². The monoisotopic (exact) mass is 299 g/mol. The number of methoxy groups -OCH3 is 1. The number of hydrogen-bond acceptors (Lipinski definition) is 5. The van der Waals surface area contributed by atoms with Crippen LogP contribution in [-0.2, 0) is 24.2 Å². The van der Waals surface area contributed by atoms with Gasteiger partial charge in [-0.3, -0.25) is 4.79 Å². The van der Waals surface area contributed by atoms with Crippen molar-refractivity contribution in [1.29, 1.82) is 0 Å². The summed E-state index contributed by atoms with van der Waals surface area (Å²) in [6.07, 6.45) is 0.965. The maximum absolute atomic E-state index is 11.9. The summed E-state index contributed by atoms with van der Waals surface area (Å²) in [6, 6.07) is 7.44. The maximum Gasteiger partial charge on any atom is 0.333 e. The van der Waals surface area contributed by atoms with Crippen molar-refractivity contribution in [3.8, 4) is 0 Å². The number of rotatable bonds is 5. The molecule has 1 aromatic rings. The predicted octanol–water partition coefficient (Wildman–Crippen LogP) is 0.450. The van der Waals surface area contributed by atoms with E-state index in [1.165, 1.54) is 14.0 Å². The molecule has 110 valence electrons. The third kappa shape index (κ3) is 4.06. The van der Waals surface area contributed by atoms with Crippen LogP contribution in [0.25, 0.3) is 0 Å². The molecular weight excluding hydrogens is 282 g/mol. The average molecular weight is 299 g/mol. The van der Waals surface area contributed by atoms with Crippen molar-refractivity contribution in [2.75, 3.05) is 13.4 Å². The van der Waals surface area contributed by atoms with E-state index >= 15 is 0 Å². The molecule has 0 spiro atoms. The molecule has 20 heavy (non-hydrogen) atoms. The van der Waals surface area contributed by atoms with Gasteiger partial charge >= 0.3 is 5.97 Å². The number of carbonyl (C=O) groups is 2. The Bertz CT molecular complexity index is 582. The second kappa shape index (κ2) is 6.51. The maximum atomic E-state index is 11.9. The largest absolute Gasteiger partial charge is 0.467 e. The minimum Gasteiger partial charge on any atom is -0.467 e. The fraction of sp³-hybridized carbons (Fsp3) is 0.385. The third-order valence-electron chi connectivity index (χ3n) is 2.87. The second-order valence-electron chi connectivity index (χ2n) is 4.35. The van der Waals surface area contributed by atoms with Crippen molar-refractivity contribution in [3.05, 3.63) is 35.9 Å². The minimum absolute atomic E-state index is 0.522. The van der Waals surface area contributed by atoms with Crippen molar-refractivity contribution in [3.63, 3.8) is 0 Å². The molecule has 0 aliphatic heterocycles. The lowest BCUT2D eigenvalue weighted by molar-refractivity contribution is -0.145. The van der Waals surface area contributed by atoms with Gasteiger partial charge < -0.3 is 10.1 Å². The molecule has 2 unspecified atom stereocenters. The van der Waals surface area contributed by atoms with Gasteiger partial charge in [-0.2, -0.15) is 0 Å². The van der Waals surface area contributed by atoms with E-state index in [2.05, 4.69) is 10.1 Å². The third-order valence-corrected chi connectivity index (χ3v) is 4.37. The van der Waals surface area contributed by atoms with Gasteiger partial charge in [-0.25, -0.2) is 13.2 Å². The number of esters is 1. The lowest BCUT2D eigenvalue weighted by Crippen LogP contribution is -2.42. The standard InChI is InChI=1S/C13H17NO5S/c1-9(20(3,17)18)12(15)14-11(13(16)19-2)10-7-5-4-6-8-10/h4-9,11H,1-3H3,(H,14,15). The van der Waals surface area contributed by atoms with Gasteiger partial charge in [-0.05, 0) is 12.5 Å². The first-order valence-corrected chi connectivity index (χ1v) is 7.85. The summed E-state index contributed by atoms with van der Waals surface area (Å²) in [5.74, 6) is -1.41. The van der Waals surface area contributed by atoms with Crippen molar-refractivity contribution in [1.82, 2.24) is 5.32 Å². The van der Waals surface area contributed by atoms with Gasteiger partial charge in [-0.1, -0.05) is 30.3 Å². The van der Waals surface area contributed by atoms with Crippen LogP contribution >= 0.6 is 0 Å². The fourth-order valence-electron chi connectivity index (χ4n) is 1.50. The summed E-state index contributed by atoms with van der Waals surface area (Å²) in [5, 5.41) is 1.16. The molecule has 0 aliphatic rings. The van der Waals surface area contributed by atoms with Crippen LogP contribution in [0.15, 0.2) is 30.3 Å². The van der Waals surface area contributed by atoms with Crippen LogP contribution in [-0.4, -0.2) is 38.9 Å². The van der Waals surface area contributed by atoms with Crippen LogP contribution in [0.5, 0.6) is 0 Å². The van der Waals surface area contributed by atoms with Gasteiger partial charge in [0, 0.05) is 6.26 Å². The Morgan fingerprint density at radius 1 is 1.20 bits per heavy atom. The Hall–Kier alpha value is -1.89. The van der Waals surface area contributed by atoms with Crippen LogP contribution in [0, 0.1) is 0 Å². The van der Waals surface area contributed by atoms with Gasteiger partial charge in [0.25, 0.3) is 0 Å². The van der Waals surface area contributed by atoms with Crippen molar-refractivity contribution < 1.29 is 22.7 Å². The molecule has 6 nitrogen and oxygen atoms in total. The first-order chi connectivity index (χ1) is 9.27. The summed E-state index contributed by atoms with van der Waals surface area (Å²) in [5.41, 5.74) is 0.522. The van der Waals surface area contributed by atoms with Crippen molar-refractivity contribution in [2.45, 2.75) is 18.2 Å². The molecule has 0 saturated heterocycles. The van der Waals surface area contributed by atoms with Crippen LogP contribution in [0.4, 0.5) is 0 Å². The number of carbonyl (C=O) groups excluding carboxylic acids is 2. The molecule has 0 saturated carbocycles. The summed E-state index contributed by atoms with van der Waals surface area (Å²) in [7, 11) is -2.33. The quantitative estimate of drug-likeness (QED) is 0.797. The molecule has 1 amide bonds. The van der Waals surface area contributed by atoms with E-state index in [0.717, 1.165) is 6.26 Å². The Morgan fingerprint density at radius 2 is 1.75 bits per heavy atom. The van der Waals surface area contributed by atoms with Crippen LogP contribution < -0.4 is 5.32 Å². The van der Waals surface area contributed by atoms with E-state index in [-0.39, 0.29) is 0 Å².